The summed E-state index contributed by atoms with van der Waals surface area (Å²) < 4.78 is 5.12. The molecule has 23 heavy (non-hydrogen) atoms. The molecule has 2 heterocycles. The first-order valence-electron chi connectivity index (χ1n) is 7.79. The first-order valence-corrected chi connectivity index (χ1v) is 8.61. The highest BCUT2D eigenvalue weighted by atomic mass is 32.2. The molecule has 6 heteroatoms. The molecule has 0 spiro atoms. The average molecular weight is 332 g/mol. The van der Waals surface area contributed by atoms with Crippen molar-refractivity contribution >= 4 is 29.0 Å². The van der Waals surface area contributed by atoms with Gasteiger partial charge in [0.05, 0.1) is 18.7 Å². The van der Waals surface area contributed by atoms with Crippen molar-refractivity contribution in [3.05, 3.63) is 34.7 Å². The third kappa shape index (κ3) is 3.76. The van der Waals surface area contributed by atoms with E-state index >= 15 is 0 Å². The molecule has 0 bridgehead atoms. The minimum Gasteiger partial charge on any atom is -0.497 e. The van der Waals surface area contributed by atoms with Crippen LogP contribution in [0.25, 0.3) is 6.08 Å². The topological polar surface area (TPSA) is 49.9 Å². The maximum absolute atomic E-state index is 12.5. The normalized spacial score (nSPS) is 21.3. The zero-order chi connectivity index (χ0) is 16.2. The van der Waals surface area contributed by atoms with Gasteiger partial charge in [0, 0.05) is 0 Å². The molecule has 0 aromatic heterocycles. The highest BCUT2D eigenvalue weighted by molar-refractivity contribution is 8.18. The maximum atomic E-state index is 12.5. The molecule has 122 valence electrons. The second-order valence-corrected chi connectivity index (χ2v) is 6.70. The van der Waals surface area contributed by atoms with Gasteiger partial charge in [-0.15, -0.1) is 0 Å². The van der Waals surface area contributed by atoms with E-state index in [0.717, 1.165) is 49.0 Å². The minimum atomic E-state index is -0.193. The van der Waals surface area contributed by atoms with Gasteiger partial charge in [-0.3, -0.25) is 19.4 Å². The number of likely N-dealkylation sites (tertiary alicyclic amines) is 1. The lowest BCUT2D eigenvalue weighted by atomic mass is 10.1. The number of ether oxygens (including phenoxy) is 1. The molecule has 2 amide bonds. The van der Waals surface area contributed by atoms with Crippen LogP contribution < -0.4 is 4.74 Å². The van der Waals surface area contributed by atoms with Crippen LogP contribution >= 0.6 is 11.8 Å². The number of amides is 2. The summed E-state index contributed by atoms with van der Waals surface area (Å²) in [4.78, 5) is 28.6. The van der Waals surface area contributed by atoms with E-state index in [2.05, 4.69) is 4.90 Å². The van der Waals surface area contributed by atoms with Crippen molar-refractivity contribution in [1.29, 1.82) is 0 Å². The van der Waals surface area contributed by atoms with Gasteiger partial charge in [-0.1, -0.05) is 18.6 Å². The Kier molecular flexibility index (Phi) is 5.03. The zero-order valence-electron chi connectivity index (χ0n) is 13.2. The highest BCUT2D eigenvalue weighted by Crippen LogP contribution is 2.32. The van der Waals surface area contributed by atoms with Crippen molar-refractivity contribution < 1.29 is 14.3 Å². The fraction of sp³-hybridized carbons (Fsp3) is 0.412. The van der Waals surface area contributed by atoms with Gasteiger partial charge in [0.1, 0.15) is 5.75 Å². The Balaban J connectivity index is 1.70. The molecule has 3 rings (SSSR count). The Bertz CT molecular complexity index is 621. The number of nitrogens with zero attached hydrogens (tertiary/aromatic N) is 2. The fourth-order valence-corrected chi connectivity index (χ4v) is 3.61. The molecule has 1 aromatic rings. The Hall–Kier alpha value is -1.79. The predicted octanol–water partition coefficient (Wildman–Crippen LogP) is 3.17. The standard InChI is InChI=1S/C17H20N2O3S/c1-22-14-7-5-13(6-8-14)11-15-16(20)19(17(21)23-15)12-18-9-3-2-4-10-18/h5-8,11H,2-4,9-10,12H2,1H3. The van der Waals surface area contributed by atoms with Crippen molar-refractivity contribution in [3.8, 4) is 5.75 Å². The Labute approximate surface area is 140 Å². The van der Waals surface area contributed by atoms with Gasteiger partial charge in [0.2, 0.25) is 0 Å². The van der Waals surface area contributed by atoms with Gasteiger partial charge in [-0.05, 0) is 61.5 Å². The number of carbonyl (C=O) groups excluding carboxylic acids is 2. The van der Waals surface area contributed by atoms with Gasteiger partial charge >= 0.3 is 0 Å². The average Bonchev–Trinajstić information content (AvgIpc) is 2.84. The molecule has 0 radical (unpaired) electrons. The number of benzene rings is 1. The molecular formula is C17H20N2O3S. The van der Waals surface area contributed by atoms with E-state index < -0.39 is 0 Å². The van der Waals surface area contributed by atoms with Gasteiger partial charge in [0.25, 0.3) is 11.1 Å². The van der Waals surface area contributed by atoms with Crippen molar-refractivity contribution in [2.24, 2.45) is 0 Å². The van der Waals surface area contributed by atoms with Crippen molar-refractivity contribution in [2.75, 3.05) is 26.9 Å². The Morgan fingerprint density at radius 1 is 1.13 bits per heavy atom. The summed E-state index contributed by atoms with van der Waals surface area (Å²) in [6.07, 6.45) is 5.27. The number of hydrogen-bond acceptors (Lipinski definition) is 5. The van der Waals surface area contributed by atoms with E-state index in [-0.39, 0.29) is 11.1 Å². The van der Waals surface area contributed by atoms with Crippen molar-refractivity contribution in [2.45, 2.75) is 19.3 Å². The number of carbonyl (C=O) groups is 2. The van der Waals surface area contributed by atoms with Crippen LogP contribution in [-0.4, -0.2) is 47.8 Å². The molecule has 0 unspecified atom stereocenters. The first kappa shape index (κ1) is 16.1. The molecule has 0 N–H and O–H groups in total. The Morgan fingerprint density at radius 2 is 1.83 bits per heavy atom. The van der Waals surface area contributed by atoms with Crippen LogP contribution in [0.5, 0.6) is 5.75 Å². The van der Waals surface area contributed by atoms with E-state index in [0.29, 0.717) is 11.6 Å². The lowest BCUT2D eigenvalue weighted by molar-refractivity contribution is -0.124. The summed E-state index contributed by atoms with van der Waals surface area (Å²) >= 11 is 1.02. The lowest BCUT2D eigenvalue weighted by Crippen LogP contribution is -2.42. The monoisotopic (exact) mass is 332 g/mol. The van der Waals surface area contributed by atoms with Crippen molar-refractivity contribution in [3.63, 3.8) is 0 Å². The summed E-state index contributed by atoms with van der Waals surface area (Å²) in [5.74, 6) is 0.571. The number of thioether (sulfide) groups is 1. The number of hydrogen-bond donors (Lipinski definition) is 0. The van der Waals surface area contributed by atoms with Crippen LogP contribution in [0.1, 0.15) is 24.8 Å². The van der Waals surface area contributed by atoms with Crippen LogP contribution in [0.15, 0.2) is 29.2 Å². The summed E-state index contributed by atoms with van der Waals surface area (Å²) in [7, 11) is 1.61. The van der Waals surface area contributed by atoms with Crippen LogP contribution in [0.4, 0.5) is 4.79 Å². The summed E-state index contributed by atoms with van der Waals surface area (Å²) in [5.41, 5.74) is 0.884. The van der Waals surface area contributed by atoms with Gasteiger partial charge < -0.3 is 4.74 Å². The van der Waals surface area contributed by atoms with E-state index in [4.69, 9.17) is 4.74 Å². The van der Waals surface area contributed by atoms with Crippen molar-refractivity contribution in [1.82, 2.24) is 9.80 Å². The smallest absolute Gasteiger partial charge is 0.294 e. The summed E-state index contributed by atoms with van der Waals surface area (Å²) in [6.45, 7) is 2.32. The highest BCUT2D eigenvalue weighted by Gasteiger charge is 2.36. The SMILES string of the molecule is COc1ccc(C=C2SC(=O)N(CN3CCCCC3)C2=O)cc1. The molecule has 5 nitrogen and oxygen atoms in total. The number of rotatable bonds is 4. The Morgan fingerprint density at radius 3 is 2.48 bits per heavy atom. The number of imide groups is 1. The lowest BCUT2D eigenvalue weighted by Gasteiger charge is -2.29. The van der Waals surface area contributed by atoms with Gasteiger partial charge in [-0.2, -0.15) is 0 Å². The zero-order valence-corrected chi connectivity index (χ0v) is 14.0. The third-order valence-corrected chi connectivity index (χ3v) is 4.98. The number of piperidine rings is 1. The van der Waals surface area contributed by atoms with Crippen LogP contribution in [0.3, 0.4) is 0 Å². The molecule has 2 fully saturated rings. The summed E-state index contributed by atoms with van der Waals surface area (Å²) in [6, 6.07) is 7.42. The van der Waals surface area contributed by atoms with E-state index in [9.17, 15) is 9.59 Å². The molecule has 2 aliphatic heterocycles. The quantitative estimate of drug-likeness (QED) is 0.793. The summed E-state index contributed by atoms with van der Waals surface area (Å²) in [5, 5.41) is -0.180. The molecule has 0 saturated carbocycles. The third-order valence-electron chi connectivity index (χ3n) is 4.08. The molecule has 0 aliphatic carbocycles. The fourth-order valence-electron chi connectivity index (χ4n) is 2.77. The van der Waals surface area contributed by atoms with Gasteiger partial charge in [-0.25, -0.2) is 0 Å². The minimum absolute atomic E-state index is 0.180. The van der Waals surface area contributed by atoms with E-state index in [1.54, 1.807) is 13.2 Å². The second-order valence-electron chi connectivity index (χ2n) is 5.70. The molecule has 2 saturated heterocycles. The van der Waals surface area contributed by atoms with Crippen LogP contribution in [-0.2, 0) is 4.79 Å². The maximum Gasteiger partial charge on any atom is 0.294 e. The van der Waals surface area contributed by atoms with Crippen LogP contribution in [0, 0.1) is 0 Å². The second kappa shape index (κ2) is 7.19. The largest absolute Gasteiger partial charge is 0.497 e. The first-order chi connectivity index (χ1) is 11.2. The van der Waals surface area contributed by atoms with Gasteiger partial charge in [0.15, 0.2) is 0 Å². The number of methoxy groups -OCH3 is 1. The molecule has 2 aliphatic rings. The molecular weight excluding hydrogens is 312 g/mol. The molecule has 1 aromatic carbocycles. The van der Waals surface area contributed by atoms with Crippen LogP contribution in [0.2, 0.25) is 0 Å². The predicted molar refractivity (Wildman–Crippen MR) is 91.1 cm³/mol. The molecule has 0 atom stereocenters. The van der Waals surface area contributed by atoms with E-state index in [1.165, 1.54) is 11.3 Å². The van der Waals surface area contributed by atoms with E-state index in [1.807, 2.05) is 24.3 Å².